The maximum absolute atomic E-state index is 12.2. The largest absolute Gasteiger partial charge is 0.453 e. The highest BCUT2D eigenvalue weighted by atomic mass is 16.7. The van der Waals surface area contributed by atoms with Crippen molar-refractivity contribution >= 4 is 11.9 Å². The average Bonchev–Trinajstić information content (AvgIpc) is 3.05. The highest BCUT2D eigenvalue weighted by Crippen LogP contribution is 2.38. The van der Waals surface area contributed by atoms with Crippen LogP contribution in [0.1, 0.15) is 60.5 Å². The number of aliphatic hydroxyl groups excluding tert-OH is 1. The van der Waals surface area contributed by atoms with E-state index in [-0.39, 0.29) is 24.7 Å². The maximum Gasteiger partial charge on any atom is 0.303 e. The third kappa shape index (κ3) is 8.97. The first kappa shape index (κ1) is 31.8. The zero-order valence-corrected chi connectivity index (χ0v) is 25.6. The molecule has 234 valence electrons. The molecule has 2 aliphatic heterocycles. The summed E-state index contributed by atoms with van der Waals surface area (Å²) < 4.78 is 18.0. The van der Waals surface area contributed by atoms with Crippen LogP contribution in [-0.4, -0.2) is 71.7 Å². The normalized spacial score (nSPS) is 21.8. The van der Waals surface area contributed by atoms with Gasteiger partial charge < -0.3 is 24.6 Å². The smallest absolute Gasteiger partial charge is 0.303 e. The van der Waals surface area contributed by atoms with Crippen molar-refractivity contribution in [3.8, 4) is 0 Å². The van der Waals surface area contributed by atoms with Crippen molar-refractivity contribution in [3.05, 3.63) is 107 Å². The van der Waals surface area contributed by atoms with Gasteiger partial charge >= 0.3 is 5.97 Å². The lowest BCUT2D eigenvalue weighted by Crippen LogP contribution is -2.49. The molecule has 1 amide bonds. The predicted molar refractivity (Wildman–Crippen MR) is 166 cm³/mol. The number of ether oxygens (including phenoxy) is 3. The van der Waals surface area contributed by atoms with E-state index in [1.54, 1.807) is 6.92 Å². The van der Waals surface area contributed by atoms with Crippen molar-refractivity contribution in [2.45, 2.75) is 64.6 Å². The molecule has 0 spiro atoms. The number of hydrogen-bond acceptors (Lipinski definition) is 8. The van der Waals surface area contributed by atoms with Gasteiger partial charge in [-0.15, -0.1) is 0 Å². The van der Waals surface area contributed by atoms with Gasteiger partial charge in [-0.05, 0) is 29.2 Å². The zero-order chi connectivity index (χ0) is 30.9. The number of aliphatic hydroxyl groups is 1. The molecule has 3 aromatic rings. The third-order valence-corrected chi connectivity index (χ3v) is 8.22. The molecule has 4 atom stereocenters. The number of carbonyl (C=O) groups is 2. The minimum Gasteiger partial charge on any atom is -0.453 e. The van der Waals surface area contributed by atoms with Gasteiger partial charge in [0.1, 0.15) is 0 Å². The van der Waals surface area contributed by atoms with Crippen molar-refractivity contribution < 1.29 is 28.9 Å². The first-order valence-electron chi connectivity index (χ1n) is 15.4. The summed E-state index contributed by atoms with van der Waals surface area (Å²) in [5.74, 6) is -0.835. The van der Waals surface area contributed by atoms with Crippen molar-refractivity contribution in [2.75, 3.05) is 32.7 Å². The Morgan fingerprint density at radius 3 is 2.16 bits per heavy atom. The van der Waals surface area contributed by atoms with Gasteiger partial charge in [0.05, 0.1) is 18.8 Å². The summed E-state index contributed by atoms with van der Waals surface area (Å²) in [4.78, 5) is 28.4. The molecule has 2 aliphatic rings. The van der Waals surface area contributed by atoms with Crippen molar-refractivity contribution in [2.24, 2.45) is 0 Å². The lowest BCUT2D eigenvalue weighted by Gasteiger charge is -2.40. The van der Waals surface area contributed by atoms with Crippen LogP contribution < -0.4 is 5.32 Å². The standard InChI is InChI=1S/C35H43N3O6/c1-25(42-26(2)40)34(41)36-21-27-8-14-31(15-9-27)35-43-32(20-33(44-35)30-12-10-29(24-39)11-13-30)23-38-18-16-37(17-19-38)22-28-6-4-3-5-7-28/h3-15,25,32-33,35,39H,16-24H2,1-2H3,(H,36,41)/t25-,32+,33-,35-/m0/s1. The van der Waals surface area contributed by atoms with E-state index in [0.717, 1.165) is 67.9 Å². The molecule has 2 N–H and O–H groups in total. The molecule has 2 fully saturated rings. The maximum atomic E-state index is 12.2. The van der Waals surface area contributed by atoms with E-state index in [2.05, 4.69) is 45.4 Å². The Morgan fingerprint density at radius 2 is 1.50 bits per heavy atom. The van der Waals surface area contributed by atoms with E-state index in [4.69, 9.17) is 14.2 Å². The fraction of sp³-hybridized carbons (Fsp3) is 0.429. The van der Waals surface area contributed by atoms with Gasteiger partial charge in [0.2, 0.25) is 0 Å². The summed E-state index contributed by atoms with van der Waals surface area (Å²) >= 11 is 0. The minimum absolute atomic E-state index is 0.00584. The molecule has 0 unspecified atom stereocenters. The molecule has 0 radical (unpaired) electrons. The number of carbonyl (C=O) groups excluding carboxylic acids is 2. The van der Waals surface area contributed by atoms with E-state index in [1.807, 2.05) is 48.5 Å². The molecule has 0 aromatic heterocycles. The number of nitrogens with zero attached hydrogens (tertiary/aromatic N) is 2. The first-order chi connectivity index (χ1) is 21.4. The average molecular weight is 602 g/mol. The van der Waals surface area contributed by atoms with Crippen molar-refractivity contribution in [3.63, 3.8) is 0 Å². The van der Waals surface area contributed by atoms with Crippen LogP contribution in [0.25, 0.3) is 0 Å². The van der Waals surface area contributed by atoms with Crippen LogP contribution in [0.2, 0.25) is 0 Å². The Labute approximate surface area is 259 Å². The number of hydrogen-bond donors (Lipinski definition) is 2. The predicted octanol–water partition coefficient (Wildman–Crippen LogP) is 4.11. The van der Waals surface area contributed by atoms with Crippen LogP contribution in [0.15, 0.2) is 78.9 Å². The summed E-state index contributed by atoms with van der Waals surface area (Å²) in [5, 5.41) is 12.3. The number of piperazine rings is 1. The molecule has 3 aromatic carbocycles. The molecular weight excluding hydrogens is 558 g/mol. The fourth-order valence-electron chi connectivity index (χ4n) is 5.72. The monoisotopic (exact) mass is 601 g/mol. The van der Waals surface area contributed by atoms with Gasteiger partial charge in [0.25, 0.3) is 5.91 Å². The minimum atomic E-state index is -0.844. The fourth-order valence-corrected chi connectivity index (χ4v) is 5.72. The summed E-state index contributed by atoms with van der Waals surface area (Å²) in [5.41, 5.74) is 5.09. The second-order valence-corrected chi connectivity index (χ2v) is 11.6. The molecule has 2 heterocycles. The summed E-state index contributed by atoms with van der Waals surface area (Å²) in [7, 11) is 0. The topological polar surface area (TPSA) is 101 Å². The number of esters is 1. The summed E-state index contributed by atoms with van der Waals surface area (Å²) in [6, 6.07) is 26.4. The Balaban J connectivity index is 1.21. The van der Waals surface area contributed by atoms with Crippen LogP contribution in [0, 0.1) is 0 Å². The molecule has 0 aliphatic carbocycles. The third-order valence-electron chi connectivity index (χ3n) is 8.22. The molecule has 44 heavy (non-hydrogen) atoms. The number of rotatable bonds is 11. The van der Waals surface area contributed by atoms with Crippen LogP contribution in [0.3, 0.4) is 0 Å². The van der Waals surface area contributed by atoms with Gasteiger partial charge in [-0.3, -0.25) is 19.4 Å². The van der Waals surface area contributed by atoms with Gasteiger partial charge in [0, 0.05) is 64.7 Å². The van der Waals surface area contributed by atoms with Crippen LogP contribution in [0.4, 0.5) is 0 Å². The summed E-state index contributed by atoms with van der Waals surface area (Å²) in [6.45, 7) is 8.97. The van der Waals surface area contributed by atoms with E-state index in [0.29, 0.717) is 6.54 Å². The van der Waals surface area contributed by atoms with E-state index < -0.39 is 18.4 Å². The molecule has 2 saturated heterocycles. The molecule has 0 bridgehead atoms. The van der Waals surface area contributed by atoms with E-state index in [9.17, 15) is 14.7 Å². The summed E-state index contributed by atoms with van der Waals surface area (Å²) in [6.07, 6.45) is -0.804. The quantitative estimate of drug-likeness (QED) is 0.317. The van der Waals surface area contributed by atoms with Crippen LogP contribution in [-0.2, 0) is 43.5 Å². The van der Waals surface area contributed by atoms with Crippen molar-refractivity contribution in [1.29, 1.82) is 0 Å². The Bertz CT molecular complexity index is 1340. The Hall–Kier alpha value is -3.60. The van der Waals surface area contributed by atoms with E-state index >= 15 is 0 Å². The second kappa shape index (κ2) is 15.4. The zero-order valence-electron chi connectivity index (χ0n) is 25.6. The Morgan fingerprint density at radius 1 is 0.864 bits per heavy atom. The molecule has 9 heteroatoms. The molecule has 9 nitrogen and oxygen atoms in total. The van der Waals surface area contributed by atoms with Crippen LogP contribution >= 0.6 is 0 Å². The van der Waals surface area contributed by atoms with Gasteiger partial charge in [-0.25, -0.2) is 0 Å². The Kier molecular flexibility index (Phi) is 11.1. The molecule has 0 saturated carbocycles. The number of nitrogens with one attached hydrogen (secondary N) is 1. The van der Waals surface area contributed by atoms with Crippen molar-refractivity contribution in [1.82, 2.24) is 15.1 Å². The van der Waals surface area contributed by atoms with Crippen LogP contribution in [0.5, 0.6) is 0 Å². The number of benzene rings is 3. The SMILES string of the molecule is CC(=O)O[C@@H](C)C(=O)NCc1ccc([C@H]2O[C@@H](CN3CCN(Cc4ccccc4)CC3)C[C@@H](c3ccc(CO)cc3)O2)cc1. The molecule has 5 rings (SSSR count). The second-order valence-electron chi connectivity index (χ2n) is 11.6. The number of amides is 1. The van der Waals surface area contributed by atoms with Gasteiger partial charge in [-0.1, -0.05) is 78.9 Å². The highest BCUT2D eigenvalue weighted by molar-refractivity contribution is 5.82. The lowest BCUT2D eigenvalue weighted by molar-refractivity contribution is -0.253. The lowest BCUT2D eigenvalue weighted by atomic mass is 9.99. The van der Waals surface area contributed by atoms with Gasteiger partial charge in [-0.2, -0.15) is 0 Å². The molecular formula is C35H43N3O6. The van der Waals surface area contributed by atoms with Gasteiger partial charge in [0.15, 0.2) is 12.4 Å². The highest BCUT2D eigenvalue weighted by Gasteiger charge is 2.33. The first-order valence-corrected chi connectivity index (χ1v) is 15.4. The van der Waals surface area contributed by atoms with E-state index in [1.165, 1.54) is 12.5 Å².